The van der Waals surface area contributed by atoms with Crippen LogP contribution in [-0.4, -0.2) is 11.2 Å². The van der Waals surface area contributed by atoms with Gasteiger partial charge in [0.15, 0.2) is 0 Å². The average Bonchev–Trinajstić information content (AvgIpc) is 2.62. The first-order valence-electron chi connectivity index (χ1n) is 5.00. The normalized spacial score (nSPS) is 10.1. The molecule has 0 saturated carbocycles. The quantitative estimate of drug-likeness (QED) is 0.693. The van der Waals surface area contributed by atoms with Crippen molar-refractivity contribution in [3.05, 3.63) is 30.5 Å². The number of rotatable bonds is 3. The molecule has 76 valence electrons. The highest BCUT2D eigenvalue weighted by Gasteiger charge is 2.01. The molecule has 2 nitrogen and oxygen atoms in total. The van der Waals surface area contributed by atoms with Gasteiger partial charge in [-0.25, -0.2) is 0 Å². The van der Waals surface area contributed by atoms with E-state index in [0.29, 0.717) is 13.2 Å². The van der Waals surface area contributed by atoms with Crippen LogP contribution in [0.15, 0.2) is 30.5 Å². The van der Waals surface area contributed by atoms with Gasteiger partial charge in [-0.1, -0.05) is 5.92 Å². The van der Waals surface area contributed by atoms with E-state index >= 15 is 0 Å². The molecule has 1 heterocycles. The van der Waals surface area contributed by atoms with Crippen molar-refractivity contribution in [2.45, 2.75) is 13.5 Å². The van der Waals surface area contributed by atoms with Gasteiger partial charge in [0.1, 0.15) is 5.75 Å². The topological polar surface area (TPSA) is 14.2 Å². The number of nitrogens with zero attached hydrogens (tertiary/aromatic N) is 1. The van der Waals surface area contributed by atoms with Crippen molar-refractivity contribution < 1.29 is 4.74 Å². The van der Waals surface area contributed by atoms with Crippen LogP contribution in [0.4, 0.5) is 0 Å². The van der Waals surface area contributed by atoms with Crippen molar-refractivity contribution in [1.82, 2.24) is 4.57 Å². The zero-order chi connectivity index (χ0) is 10.7. The predicted octanol–water partition coefficient (Wildman–Crippen LogP) is 2.67. The number of benzene rings is 1. The molecule has 0 N–H and O–H groups in total. The van der Waals surface area contributed by atoms with Gasteiger partial charge in [0.25, 0.3) is 0 Å². The van der Waals surface area contributed by atoms with E-state index in [4.69, 9.17) is 11.2 Å². The second-order valence-electron chi connectivity index (χ2n) is 3.30. The fourth-order valence-corrected chi connectivity index (χ4v) is 1.67. The highest BCUT2D eigenvalue weighted by molar-refractivity contribution is 5.81. The predicted molar refractivity (Wildman–Crippen MR) is 61.9 cm³/mol. The third-order valence-electron chi connectivity index (χ3n) is 2.32. The SMILES string of the molecule is C#CCn1ccc2cc(OCC)ccc21. The summed E-state index contributed by atoms with van der Waals surface area (Å²) in [7, 11) is 0. The average molecular weight is 199 g/mol. The van der Waals surface area contributed by atoms with Crippen LogP contribution in [0.5, 0.6) is 5.75 Å². The Hall–Kier alpha value is -1.88. The minimum atomic E-state index is 0.609. The molecule has 15 heavy (non-hydrogen) atoms. The molecule has 0 aliphatic heterocycles. The molecule has 1 aromatic heterocycles. The summed E-state index contributed by atoms with van der Waals surface area (Å²) in [5.74, 6) is 3.54. The van der Waals surface area contributed by atoms with E-state index in [1.165, 1.54) is 0 Å². The highest BCUT2D eigenvalue weighted by atomic mass is 16.5. The van der Waals surface area contributed by atoms with Gasteiger partial charge in [-0.2, -0.15) is 0 Å². The molecular formula is C13H13NO. The van der Waals surface area contributed by atoms with Crippen LogP contribution in [0, 0.1) is 12.3 Å². The molecule has 0 radical (unpaired) electrons. The van der Waals surface area contributed by atoms with Crippen molar-refractivity contribution >= 4 is 10.9 Å². The van der Waals surface area contributed by atoms with Crippen molar-refractivity contribution in [3.63, 3.8) is 0 Å². The van der Waals surface area contributed by atoms with Gasteiger partial charge in [0, 0.05) is 17.1 Å². The summed E-state index contributed by atoms with van der Waals surface area (Å²) >= 11 is 0. The lowest BCUT2D eigenvalue weighted by atomic mass is 10.2. The van der Waals surface area contributed by atoms with Gasteiger partial charge >= 0.3 is 0 Å². The monoisotopic (exact) mass is 199 g/mol. The van der Waals surface area contributed by atoms with E-state index in [-0.39, 0.29) is 0 Å². The summed E-state index contributed by atoms with van der Waals surface area (Å²) in [6, 6.07) is 8.09. The minimum Gasteiger partial charge on any atom is -0.494 e. The standard InChI is InChI=1S/C13H13NO/c1-3-8-14-9-7-11-10-12(15-4-2)5-6-13(11)14/h1,5-7,9-10H,4,8H2,2H3. The van der Waals surface area contributed by atoms with Gasteiger partial charge in [0.05, 0.1) is 13.2 Å². The fraction of sp³-hybridized carbons (Fsp3) is 0.231. The zero-order valence-corrected chi connectivity index (χ0v) is 8.73. The van der Waals surface area contributed by atoms with E-state index in [1.807, 2.05) is 35.9 Å². The summed E-state index contributed by atoms with van der Waals surface area (Å²) in [6.07, 6.45) is 7.29. The molecule has 0 spiro atoms. The van der Waals surface area contributed by atoms with E-state index in [2.05, 4.69) is 12.0 Å². The Morgan fingerprint density at radius 2 is 2.27 bits per heavy atom. The molecule has 0 unspecified atom stereocenters. The molecule has 0 aliphatic carbocycles. The van der Waals surface area contributed by atoms with E-state index in [1.54, 1.807) is 0 Å². The van der Waals surface area contributed by atoms with Crippen LogP contribution in [0.2, 0.25) is 0 Å². The first-order valence-corrected chi connectivity index (χ1v) is 5.00. The van der Waals surface area contributed by atoms with Crippen molar-refractivity contribution in [2.75, 3.05) is 6.61 Å². The van der Waals surface area contributed by atoms with Crippen LogP contribution >= 0.6 is 0 Å². The Balaban J connectivity index is 2.43. The molecule has 0 atom stereocenters. The number of terminal acetylenes is 1. The molecule has 0 saturated heterocycles. The molecule has 0 bridgehead atoms. The highest BCUT2D eigenvalue weighted by Crippen LogP contribution is 2.21. The van der Waals surface area contributed by atoms with E-state index in [0.717, 1.165) is 16.7 Å². The second kappa shape index (κ2) is 4.10. The lowest BCUT2D eigenvalue weighted by Gasteiger charge is -2.04. The van der Waals surface area contributed by atoms with Gasteiger partial charge < -0.3 is 9.30 Å². The summed E-state index contributed by atoms with van der Waals surface area (Å²) in [5, 5.41) is 1.16. The maximum Gasteiger partial charge on any atom is 0.120 e. The number of fused-ring (bicyclic) bond motifs is 1. The molecule has 0 fully saturated rings. The van der Waals surface area contributed by atoms with Crippen molar-refractivity contribution in [2.24, 2.45) is 0 Å². The maximum atomic E-state index is 5.43. The molecule has 2 rings (SSSR count). The Labute approximate surface area is 89.5 Å². The number of ether oxygens (including phenoxy) is 1. The minimum absolute atomic E-state index is 0.609. The Morgan fingerprint density at radius 1 is 1.40 bits per heavy atom. The Bertz CT molecular complexity index is 505. The lowest BCUT2D eigenvalue weighted by Crippen LogP contribution is -1.93. The van der Waals surface area contributed by atoms with Gasteiger partial charge in [0.2, 0.25) is 0 Å². The van der Waals surface area contributed by atoms with Gasteiger partial charge in [-0.15, -0.1) is 6.42 Å². The number of hydrogen-bond donors (Lipinski definition) is 0. The molecule has 1 aromatic carbocycles. The maximum absolute atomic E-state index is 5.43. The van der Waals surface area contributed by atoms with Gasteiger partial charge in [-0.3, -0.25) is 0 Å². The zero-order valence-electron chi connectivity index (χ0n) is 8.73. The Kier molecular flexibility index (Phi) is 2.64. The molecule has 2 heteroatoms. The Morgan fingerprint density at radius 3 is 3.00 bits per heavy atom. The van der Waals surface area contributed by atoms with Crippen molar-refractivity contribution in [3.8, 4) is 18.1 Å². The van der Waals surface area contributed by atoms with Crippen LogP contribution in [0.25, 0.3) is 10.9 Å². The summed E-state index contributed by atoms with van der Waals surface area (Å²) in [6.45, 7) is 3.28. The first kappa shape index (κ1) is 9.67. The van der Waals surface area contributed by atoms with Crippen LogP contribution in [0.3, 0.4) is 0 Å². The largest absolute Gasteiger partial charge is 0.494 e. The van der Waals surface area contributed by atoms with Crippen LogP contribution in [-0.2, 0) is 6.54 Å². The third kappa shape index (κ3) is 1.82. The fourth-order valence-electron chi connectivity index (χ4n) is 1.67. The van der Waals surface area contributed by atoms with E-state index < -0.39 is 0 Å². The van der Waals surface area contributed by atoms with E-state index in [9.17, 15) is 0 Å². The molecule has 2 aromatic rings. The summed E-state index contributed by atoms with van der Waals surface area (Å²) in [5.41, 5.74) is 1.15. The van der Waals surface area contributed by atoms with Crippen LogP contribution < -0.4 is 4.74 Å². The van der Waals surface area contributed by atoms with Gasteiger partial charge in [-0.05, 0) is 31.2 Å². The smallest absolute Gasteiger partial charge is 0.120 e. The molecular weight excluding hydrogens is 186 g/mol. The summed E-state index contributed by atoms with van der Waals surface area (Å²) < 4.78 is 7.48. The summed E-state index contributed by atoms with van der Waals surface area (Å²) in [4.78, 5) is 0. The molecule has 0 amide bonds. The lowest BCUT2D eigenvalue weighted by molar-refractivity contribution is 0.340. The molecule has 0 aliphatic rings. The van der Waals surface area contributed by atoms with Crippen LogP contribution in [0.1, 0.15) is 6.92 Å². The third-order valence-corrected chi connectivity index (χ3v) is 2.32. The number of hydrogen-bond acceptors (Lipinski definition) is 1. The van der Waals surface area contributed by atoms with Crippen molar-refractivity contribution in [1.29, 1.82) is 0 Å². The number of aromatic nitrogens is 1. The second-order valence-corrected chi connectivity index (χ2v) is 3.30. The first-order chi connectivity index (χ1) is 7.35.